The van der Waals surface area contributed by atoms with Crippen LogP contribution >= 0.6 is 23.4 Å². The summed E-state index contributed by atoms with van der Waals surface area (Å²) in [6.07, 6.45) is 0. The van der Waals surface area contributed by atoms with Crippen molar-refractivity contribution in [2.45, 2.75) is 18.4 Å². The van der Waals surface area contributed by atoms with E-state index >= 15 is 0 Å². The number of halogens is 1. The van der Waals surface area contributed by atoms with Gasteiger partial charge in [0.15, 0.2) is 0 Å². The highest BCUT2D eigenvalue weighted by Crippen LogP contribution is 2.21. The van der Waals surface area contributed by atoms with E-state index in [0.29, 0.717) is 16.3 Å². The lowest BCUT2D eigenvalue weighted by Crippen LogP contribution is -2.11. The number of nitrogens with one attached hydrogen (secondary N) is 1. The summed E-state index contributed by atoms with van der Waals surface area (Å²) >= 11 is 7.97. The zero-order valence-corrected chi connectivity index (χ0v) is 16.1. The van der Waals surface area contributed by atoms with Gasteiger partial charge in [0.25, 0.3) is 5.91 Å². The van der Waals surface area contributed by atoms with Gasteiger partial charge in [-0.05, 0) is 47.9 Å². The number of benzene rings is 3. The van der Waals surface area contributed by atoms with Crippen molar-refractivity contribution in [3.8, 4) is 0 Å². The second kappa shape index (κ2) is 8.93. The summed E-state index contributed by atoms with van der Waals surface area (Å²) in [5, 5.41) is 3.53. The molecule has 0 aliphatic heterocycles. The predicted octanol–water partition coefficient (Wildman–Crippen LogP) is 6.33. The molecule has 2 nitrogen and oxygen atoms in total. The van der Waals surface area contributed by atoms with E-state index in [0.717, 1.165) is 17.1 Å². The van der Waals surface area contributed by atoms with Gasteiger partial charge in [-0.15, -0.1) is 0 Å². The van der Waals surface area contributed by atoms with E-state index < -0.39 is 0 Å². The topological polar surface area (TPSA) is 29.1 Å². The number of amides is 1. The molecule has 0 saturated carbocycles. The van der Waals surface area contributed by atoms with Crippen LogP contribution in [0.1, 0.15) is 27.0 Å². The molecular weight excluding hydrogens is 362 g/mol. The van der Waals surface area contributed by atoms with E-state index in [1.54, 1.807) is 6.07 Å². The zero-order chi connectivity index (χ0) is 18.4. The van der Waals surface area contributed by atoms with Gasteiger partial charge in [0.1, 0.15) is 0 Å². The first-order chi connectivity index (χ1) is 12.6. The molecule has 4 heteroatoms. The van der Waals surface area contributed by atoms with E-state index in [-0.39, 0.29) is 5.91 Å². The Morgan fingerprint density at radius 1 is 0.923 bits per heavy atom. The Hall–Kier alpha value is -2.23. The van der Waals surface area contributed by atoms with Crippen molar-refractivity contribution in [3.63, 3.8) is 0 Å². The van der Waals surface area contributed by atoms with Crippen LogP contribution in [-0.2, 0) is 11.5 Å². The third kappa shape index (κ3) is 5.13. The fraction of sp³-hybridized carbons (Fsp3) is 0.136. The predicted molar refractivity (Wildman–Crippen MR) is 112 cm³/mol. The number of anilines is 1. The normalized spacial score (nSPS) is 10.5. The van der Waals surface area contributed by atoms with E-state index in [2.05, 4.69) is 29.6 Å². The highest BCUT2D eigenvalue weighted by atomic mass is 35.5. The molecule has 3 aromatic carbocycles. The molecule has 3 rings (SSSR count). The van der Waals surface area contributed by atoms with Crippen LogP contribution in [-0.4, -0.2) is 5.91 Å². The number of carbonyl (C=O) groups excluding carboxylic acids is 1. The van der Waals surface area contributed by atoms with Crippen LogP contribution in [0.2, 0.25) is 5.02 Å². The van der Waals surface area contributed by atoms with Crippen molar-refractivity contribution in [1.82, 2.24) is 0 Å². The Morgan fingerprint density at radius 2 is 1.58 bits per heavy atom. The lowest BCUT2D eigenvalue weighted by atomic mass is 10.1. The highest BCUT2D eigenvalue weighted by molar-refractivity contribution is 7.97. The summed E-state index contributed by atoms with van der Waals surface area (Å²) in [6, 6.07) is 23.7. The number of thioether (sulfide) groups is 1. The van der Waals surface area contributed by atoms with Gasteiger partial charge in [-0.1, -0.05) is 60.1 Å². The first kappa shape index (κ1) is 18.6. The molecule has 1 N–H and O–H groups in total. The fourth-order valence-electron chi connectivity index (χ4n) is 2.49. The van der Waals surface area contributed by atoms with Crippen LogP contribution in [0.4, 0.5) is 5.69 Å². The quantitative estimate of drug-likeness (QED) is 0.540. The Balaban J connectivity index is 1.54. The van der Waals surface area contributed by atoms with Crippen LogP contribution in [0.15, 0.2) is 72.8 Å². The molecule has 0 aromatic heterocycles. The van der Waals surface area contributed by atoms with Crippen molar-refractivity contribution >= 4 is 35.0 Å². The summed E-state index contributed by atoms with van der Waals surface area (Å²) in [5.41, 5.74) is 4.86. The molecule has 0 radical (unpaired) electrons. The zero-order valence-electron chi connectivity index (χ0n) is 14.5. The maximum Gasteiger partial charge on any atom is 0.255 e. The summed E-state index contributed by atoms with van der Waals surface area (Å²) in [4.78, 5) is 12.4. The summed E-state index contributed by atoms with van der Waals surface area (Å²) in [7, 11) is 0. The number of hydrogen-bond donors (Lipinski definition) is 1. The largest absolute Gasteiger partial charge is 0.322 e. The lowest BCUT2D eigenvalue weighted by Gasteiger charge is -2.08. The molecular formula is C22H20ClNOS. The van der Waals surface area contributed by atoms with Gasteiger partial charge < -0.3 is 5.32 Å². The fourth-order valence-corrected chi connectivity index (χ4v) is 3.63. The van der Waals surface area contributed by atoms with Crippen LogP contribution in [0, 0.1) is 6.92 Å². The average Bonchev–Trinajstić information content (AvgIpc) is 2.66. The third-order valence-electron chi connectivity index (χ3n) is 4.03. The van der Waals surface area contributed by atoms with Crippen LogP contribution < -0.4 is 5.32 Å². The van der Waals surface area contributed by atoms with Crippen molar-refractivity contribution in [3.05, 3.63) is 100 Å². The molecule has 0 spiro atoms. The van der Waals surface area contributed by atoms with Crippen molar-refractivity contribution in [2.24, 2.45) is 0 Å². The molecule has 0 aliphatic rings. The van der Waals surface area contributed by atoms with Gasteiger partial charge in [0.2, 0.25) is 0 Å². The Labute approximate surface area is 163 Å². The molecule has 3 aromatic rings. The first-order valence-electron chi connectivity index (χ1n) is 8.40. The van der Waals surface area contributed by atoms with Crippen molar-refractivity contribution in [2.75, 3.05) is 5.32 Å². The number of carbonyl (C=O) groups is 1. The molecule has 0 unspecified atom stereocenters. The maximum absolute atomic E-state index is 12.4. The molecule has 132 valence electrons. The summed E-state index contributed by atoms with van der Waals surface area (Å²) in [5.74, 6) is 1.77. The molecule has 1 amide bonds. The van der Waals surface area contributed by atoms with Crippen LogP contribution in [0.3, 0.4) is 0 Å². The van der Waals surface area contributed by atoms with E-state index in [9.17, 15) is 4.79 Å². The van der Waals surface area contributed by atoms with Gasteiger partial charge in [-0.3, -0.25) is 4.79 Å². The number of rotatable bonds is 6. The monoisotopic (exact) mass is 381 g/mol. The minimum Gasteiger partial charge on any atom is -0.322 e. The van der Waals surface area contributed by atoms with Gasteiger partial charge >= 0.3 is 0 Å². The number of aryl methyl sites for hydroxylation is 1. The molecule has 0 atom stereocenters. The van der Waals surface area contributed by atoms with Gasteiger partial charge in [-0.2, -0.15) is 11.8 Å². The Kier molecular flexibility index (Phi) is 6.37. The van der Waals surface area contributed by atoms with Crippen molar-refractivity contribution < 1.29 is 4.79 Å². The third-order valence-corrected chi connectivity index (χ3v) is 5.51. The minimum atomic E-state index is -0.131. The molecule has 26 heavy (non-hydrogen) atoms. The van der Waals surface area contributed by atoms with Gasteiger partial charge in [0, 0.05) is 27.8 Å². The minimum absolute atomic E-state index is 0.131. The SMILES string of the molecule is Cc1ccc(NC(=O)c2ccc(CSCc3ccccc3)cc2)cc1Cl. The van der Waals surface area contributed by atoms with Gasteiger partial charge in [0.05, 0.1) is 0 Å². The lowest BCUT2D eigenvalue weighted by molar-refractivity contribution is 0.102. The number of hydrogen-bond acceptors (Lipinski definition) is 2. The highest BCUT2D eigenvalue weighted by Gasteiger charge is 2.07. The Morgan fingerprint density at radius 3 is 2.23 bits per heavy atom. The average molecular weight is 382 g/mol. The van der Waals surface area contributed by atoms with Crippen molar-refractivity contribution in [1.29, 1.82) is 0 Å². The summed E-state index contributed by atoms with van der Waals surface area (Å²) < 4.78 is 0. The second-order valence-corrected chi connectivity index (χ2v) is 7.49. The first-order valence-corrected chi connectivity index (χ1v) is 9.93. The molecule has 0 bridgehead atoms. The summed E-state index contributed by atoms with van der Waals surface area (Å²) in [6.45, 7) is 1.93. The second-order valence-electron chi connectivity index (χ2n) is 6.09. The molecule has 0 saturated heterocycles. The Bertz CT molecular complexity index is 878. The van der Waals surface area contributed by atoms with Crippen LogP contribution in [0.5, 0.6) is 0 Å². The molecule has 0 fully saturated rings. The molecule has 0 heterocycles. The van der Waals surface area contributed by atoms with E-state index in [4.69, 9.17) is 11.6 Å². The standard InChI is InChI=1S/C22H20ClNOS/c1-16-7-12-20(13-21(16)23)24-22(25)19-10-8-18(9-11-19)15-26-14-17-5-3-2-4-6-17/h2-13H,14-15H2,1H3,(H,24,25). The van der Waals surface area contributed by atoms with E-state index in [1.165, 1.54) is 11.1 Å². The van der Waals surface area contributed by atoms with Crippen LogP contribution in [0.25, 0.3) is 0 Å². The van der Waals surface area contributed by atoms with Gasteiger partial charge in [-0.25, -0.2) is 0 Å². The smallest absolute Gasteiger partial charge is 0.255 e. The molecule has 0 aliphatic carbocycles. The maximum atomic E-state index is 12.4. The van der Waals surface area contributed by atoms with E-state index in [1.807, 2.05) is 61.2 Å².